The van der Waals surface area contributed by atoms with Crippen molar-refractivity contribution >= 4 is 12.3 Å². The summed E-state index contributed by atoms with van der Waals surface area (Å²) in [6, 6.07) is 0. The zero-order chi connectivity index (χ0) is 6.41. The van der Waals surface area contributed by atoms with Crippen LogP contribution < -0.4 is 0 Å². The zero-order valence-corrected chi connectivity index (χ0v) is 4.72. The topological polar surface area (TPSA) is 43.4 Å². The van der Waals surface area contributed by atoms with Crippen LogP contribution in [0.15, 0.2) is 0 Å². The Morgan fingerprint density at radius 3 is 2.75 bits per heavy atom. The first kappa shape index (κ1) is 7.14. The van der Waals surface area contributed by atoms with Crippen molar-refractivity contribution in [3.05, 3.63) is 0 Å². The molecule has 0 N–H and O–H groups in total. The Kier molecular flexibility index (Phi) is 3.84. The molecular weight excluding hydrogens is 108 g/mol. The fourth-order valence-corrected chi connectivity index (χ4v) is 0.229. The van der Waals surface area contributed by atoms with Crippen molar-refractivity contribution in [1.29, 1.82) is 0 Å². The van der Waals surface area contributed by atoms with Gasteiger partial charge in [0.2, 0.25) is 0 Å². The van der Waals surface area contributed by atoms with Gasteiger partial charge in [0.25, 0.3) is 6.47 Å². The van der Waals surface area contributed by atoms with Crippen molar-refractivity contribution in [1.82, 2.24) is 0 Å². The SMILES string of the molecule is CCC(=O)COC=O. The van der Waals surface area contributed by atoms with Crippen LogP contribution in [0.2, 0.25) is 0 Å². The molecule has 0 rings (SSSR count). The lowest BCUT2D eigenvalue weighted by Crippen LogP contribution is -2.04. The summed E-state index contributed by atoms with van der Waals surface area (Å²) in [5.74, 6) is -0.0582. The monoisotopic (exact) mass is 116 g/mol. The Morgan fingerprint density at radius 1 is 1.75 bits per heavy atom. The first-order valence-electron chi connectivity index (χ1n) is 2.38. The maximum absolute atomic E-state index is 10.3. The standard InChI is InChI=1S/C5H8O3/c1-2-5(7)3-8-4-6/h4H,2-3H2,1H3. The number of carbonyl (C=O) groups is 2. The molecule has 0 saturated heterocycles. The molecule has 0 aliphatic carbocycles. The Morgan fingerprint density at radius 2 is 2.38 bits per heavy atom. The molecule has 0 saturated carbocycles. The molecule has 0 aromatic heterocycles. The van der Waals surface area contributed by atoms with Gasteiger partial charge in [0.15, 0.2) is 5.78 Å². The molecule has 0 atom stereocenters. The number of hydrogen-bond acceptors (Lipinski definition) is 3. The van der Waals surface area contributed by atoms with Crippen molar-refractivity contribution in [2.45, 2.75) is 13.3 Å². The third-order valence-corrected chi connectivity index (χ3v) is 0.707. The molecule has 0 aromatic carbocycles. The summed E-state index contributed by atoms with van der Waals surface area (Å²) in [6.45, 7) is 1.91. The summed E-state index contributed by atoms with van der Waals surface area (Å²) < 4.78 is 4.16. The molecular formula is C5H8O3. The highest BCUT2D eigenvalue weighted by Crippen LogP contribution is 1.78. The number of Topliss-reactive ketones (excluding diaryl/α,β-unsaturated/α-hetero) is 1. The molecule has 0 aliphatic rings. The molecule has 0 heterocycles. The van der Waals surface area contributed by atoms with Gasteiger partial charge in [0, 0.05) is 6.42 Å². The van der Waals surface area contributed by atoms with E-state index in [2.05, 4.69) is 4.74 Å². The van der Waals surface area contributed by atoms with Crippen LogP contribution in [0.1, 0.15) is 13.3 Å². The van der Waals surface area contributed by atoms with Gasteiger partial charge in [-0.1, -0.05) is 6.92 Å². The van der Waals surface area contributed by atoms with Crippen LogP contribution in [0.25, 0.3) is 0 Å². The first-order valence-corrected chi connectivity index (χ1v) is 2.38. The van der Waals surface area contributed by atoms with Gasteiger partial charge >= 0.3 is 0 Å². The summed E-state index contributed by atoms with van der Waals surface area (Å²) in [5.41, 5.74) is 0. The molecule has 0 radical (unpaired) electrons. The predicted molar refractivity (Wildman–Crippen MR) is 27.3 cm³/mol. The Hall–Kier alpha value is -0.860. The van der Waals surface area contributed by atoms with E-state index in [4.69, 9.17) is 0 Å². The molecule has 0 amide bonds. The van der Waals surface area contributed by atoms with Crippen LogP contribution in [0, 0.1) is 0 Å². The summed E-state index contributed by atoms with van der Waals surface area (Å²) in [4.78, 5) is 19.7. The normalized spacial score (nSPS) is 8.12. The van der Waals surface area contributed by atoms with Gasteiger partial charge < -0.3 is 4.74 Å². The highest BCUT2D eigenvalue weighted by atomic mass is 16.5. The second kappa shape index (κ2) is 4.30. The molecule has 3 heteroatoms. The third kappa shape index (κ3) is 3.33. The Balaban J connectivity index is 3.11. The quantitative estimate of drug-likeness (QED) is 0.490. The van der Waals surface area contributed by atoms with E-state index in [9.17, 15) is 9.59 Å². The summed E-state index contributed by atoms with van der Waals surface area (Å²) in [6.07, 6.45) is 0.424. The highest BCUT2D eigenvalue weighted by Gasteiger charge is 1.94. The molecule has 0 fully saturated rings. The highest BCUT2D eigenvalue weighted by molar-refractivity contribution is 5.79. The second-order valence-electron chi connectivity index (χ2n) is 1.30. The lowest BCUT2D eigenvalue weighted by molar-refractivity contribution is -0.136. The number of ketones is 1. The van der Waals surface area contributed by atoms with Crippen molar-refractivity contribution in [3.8, 4) is 0 Å². The predicted octanol–water partition coefficient (Wildman–Crippen LogP) is 0.139. The minimum absolute atomic E-state index is 0.0582. The summed E-state index contributed by atoms with van der Waals surface area (Å²) >= 11 is 0. The van der Waals surface area contributed by atoms with E-state index in [0.29, 0.717) is 6.42 Å². The van der Waals surface area contributed by atoms with Gasteiger partial charge in [-0.15, -0.1) is 0 Å². The van der Waals surface area contributed by atoms with Crippen LogP contribution in [0.4, 0.5) is 0 Å². The molecule has 0 spiro atoms. The van der Waals surface area contributed by atoms with Crippen LogP contribution in [0.3, 0.4) is 0 Å². The van der Waals surface area contributed by atoms with E-state index < -0.39 is 0 Å². The maximum atomic E-state index is 10.3. The lowest BCUT2D eigenvalue weighted by Gasteiger charge is -1.90. The minimum atomic E-state index is -0.0833. The maximum Gasteiger partial charge on any atom is 0.293 e. The zero-order valence-electron chi connectivity index (χ0n) is 4.72. The molecule has 3 nitrogen and oxygen atoms in total. The van der Waals surface area contributed by atoms with Crippen LogP contribution in [-0.2, 0) is 14.3 Å². The van der Waals surface area contributed by atoms with E-state index in [-0.39, 0.29) is 18.9 Å². The van der Waals surface area contributed by atoms with E-state index in [1.54, 1.807) is 6.92 Å². The lowest BCUT2D eigenvalue weighted by atomic mass is 10.3. The largest absolute Gasteiger partial charge is 0.460 e. The van der Waals surface area contributed by atoms with Gasteiger partial charge in [-0.05, 0) is 0 Å². The average Bonchev–Trinajstić information content (AvgIpc) is 1.83. The third-order valence-electron chi connectivity index (χ3n) is 0.707. The average molecular weight is 116 g/mol. The van der Waals surface area contributed by atoms with E-state index >= 15 is 0 Å². The number of hydrogen-bond donors (Lipinski definition) is 0. The van der Waals surface area contributed by atoms with E-state index in [1.165, 1.54) is 0 Å². The molecule has 0 aliphatic heterocycles. The second-order valence-corrected chi connectivity index (χ2v) is 1.30. The summed E-state index contributed by atoms with van der Waals surface area (Å²) in [5, 5.41) is 0. The first-order chi connectivity index (χ1) is 3.81. The molecule has 8 heavy (non-hydrogen) atoms. The smallest absolute Gasteiger partial charge is 0.293 e. The molecule has 0 bridgehead atoms. The van der Waals surface area contributed by atoms with Gasteiger partial charge in [-0.2, -0.15) is 0 Å². The fourth-order valence-electron chi connectivity index (χ4n) is 0.229. The number of carbonyl (C=O) groups excluding carboxylic acids is 2. The van der Waals surface area contributed by atoms with Crippen molar-refractivity contribution in [2.75, 3.05) is 6.61 Å². The van der Waals surface area contributed by atoms with Crippen molar-refractivity contribution in [2.24, 2.45) is 0 Å². The van der Waals surface area contributed by atoms with Gasteiger partial charge in [0.1, 0.15) is 6.61 Å². The van der Waals surface area contributed by atoms with Gasteiger partial charge in [-0.25, -0.2) is 0 Å². The van der Waals surface area contributed by atoms with Gasteiger partial charge in [0.05, 0.1) is 0 Å². The fraction of sp³-hybridized carbons (Fsp3) is 0.600. The molecule has 0 aromatic rings. The Labute approximate surface area is 47.6 Å². The number of rotatable bonds is 4. The van der Waals surface area contributed by atoms with Crippen LogP contribution in [0.5, 0.6) is 0 Å². The minimum Gasteiger partial charge on any atom is -0.460 e. The van der Waals surface area contributed by atoms with Crippen molar-refractivity contribution in [3.63, 3.8) is 0 Å². The molecule has 0 unspecified atom stereocenters. The summed E-state index contributed by atoms with van der Waals surface area (Å²) in [7, 11) is 0. The van der Waals surface area contributed by atoms with Crippen molar-refractivity contribution < 1.29 is 14.3 Å². The Bertz CT molecular complexity index is 87.7. The van der Waals surface area contributed by atoms with E-state index in [1.807, 2.05) is 0 Å². The van der Waals surface area contributed by atoms with E-state index in [0.717, 1.165) is 0 Å². The van der Waals surface area contributed by atoms with Crippen LogP contribution in [-0.4, -0.2) is 18.9 Å². The molecule has 46 valence electrons. The van der Waals surface area contributed by atoms with Gasteiger partial charge in [-0.3, -0.25) is 9.59 Å². The number of ether oxygens (including phenoxy) is 1. The van der Waals surface area contributed by atoms with Crippen LogP contribution >= 0.6 is 0 Å².